The van der Waals surface area contributed by atoms with Crippen LogP contribution in [-0.2, 0) is 9.84 Å². The molecule has 0 saturated carbocycles. The largest absolute Gasteiger partial charge is 0.501 e. The molecule has 0 aliphatic rings. The second-order valence-electron chi connectivity index (χ2n) is 4.54. The molecule has 3 nitrogen and oxygen atoms in total. The predicted octanol–water partition coefficient (Wildman–Crippen LogP) is 3.83. The third-order valence-corrected chi connectivity index (χ3v) is 4.72. The summed E-state index contributed by atoms with van der Waals surface area (Å²) in [6.45, 7) is 4.84. The highest BCUT2D eigenvalue weighted by Gasteiger charge is 2.46. The maximum atomic E-state index is 12.4. The van der Waals surface area contributed by atoms with Gasteiger partial charge in [-0.3, -0.25) is 0 Å². The first-order chi connectivity index (χ1) is 9.22. The summed E-state index contributed by atoms with van der Waals surface area (Å²) in [6, 6.07) is 4.64. The molecule has 0 unspecified atom stereocenters. The number of benzene rings is 1. The van der Waals surface area contributed by atoms with Gasteiger partial charge in [0.05, 0.1) is 4.90 Å². The van der Waals surface area contributed by atoms with E-state index >= 15 is 0 Å². The third kappa shape index (κ3) is 3.88. The molecule has 1 rings (SSSR count). The molecule has 0 radical (unpaired) electrons. The number of hydrogen-bond donors (Lipinski definition) is 1. The number of hydrogen-bond acceptors (Lipinski definition) is 3. The number of halogens is 3. The predicted molar refractivity (Wildman–Crippen MR) is 72.2 cm³/mol. The first kappa shape index (κ1) is 16.8. The first-order valence-electron chi connectivity index (χ1n) is 6.37. The minimum atomic E-state index is -5.27. The number of anilines is 1. The topological polar surface area (TPSA) is 46.2 Å². The van der Waals surface area contributed by atoms with Crippen molar-refractivity contribution < 1.29 is 21.6 Å². The quantitative estimate of drug-likeness (QED) is 0.868. The highest BCUT2D eigenvalue weighted by Crippen LogP contribution is 2.30. The van der Waals surface area contributed by atoms with Crippen LogP contribution >= 0.6 is 0 Å². The monoisotopic (exact) mass is 309 g/mol. The summed E-state index contributed by atoms with van der Waals surface area (Å²) >= 11 is 0. The second-order valence-corrected chi connectivity index (χ2v) is 6.48. The average molecular weight is 309 g/mol. The highest BCUT2D eigenvalue weighted by molar-refractivity contribution is 7.92. The minimum Gasteiger partial charge on any atom is -0.385 e. The van der Waals surface area contributed by atoms with Gasteiger partial charge in [0, 0.05) is 12.2 Å². The lowest BCUT2D eigenvalue weighted by atomic mass is 10.0. The average Bonchev–Trinajstić information content (AvgIpc) is 2.39. The van der Waals surface area contributed by atoms with Crippen LogP contribution in [0, 0.1) is 5.92 Å². The van der Waals surface area contributed by atoms with E-state index in [9.17, 15) is 21.6 Å². The van der Waals surface area contributed by atoms with Gasteiger partial charge in [-0.05, 0) is 30.2 Å². The van der Waals surface area contributed by atoms with Gasteiger partial charge < -0.3 is 5.32 Å². The molecule has 0 fully saturated rings. The van der Waals surface area contributed by atoms with Crippen molar-refractivity contribution in [2.75, 3.05) is 11.9 Å². The third-order valence-electron chi connectivity index (χ3n) is 3.22. The van der Waals surface area contributed by atoms with E-state index in [2.05, 4.69) is 19.2 Å². The Kier molecular flexibility index (Phi) is 5.44. The fraction of sp³-hybridized carbons (Fsp3) is 0.538. The molecule has 0 aliphatic carbocycles. The summed E-state index contributed by atoms with van der Waals surface area (Å²) in [5.41, 5.74) is -4.66. The summed E-state index contributed by atoms with van der Waals surface area (Å²) in [5, 5.41) is 3.09. The Morgan fingerprint density at radius 3 is 2.00 bits per heavy atom. The van der Waals surface area contributed by atoms with Crippen molar-refractivity contribution in [2.24, 2.45) is 5.92 Å². The van der Waals surface area contributed by atoms with Gasteiger partial charge in [0.15, 0.2) is 0 Å². The molecule has 114 valence electrons. The molecule has 0 aliphatic heterocycles. The molecule has 1 N–H and O–H groups in total. The normalized spacial score (nSPS) is 12.7. The zero-order chi connectivity index (χ0) is 15.4. The van der Waals surface area contributed by atoms with Crippen molar-refractivity contribution in [1.82, 2.24) is 0 Å². The van der Waals surface area contributed by atoms with Gasteiger partial charge in [-0.2, -0.15) is 13.2 Å². The van der Waals surface area contributed by atoms with E-state index in [4.69, 9.17) is 0 Å². The van der Waals surface area contributed by atoms with E-state index in [1.807, 2.05) is 0 Å². The summed E-state index contributed by atoms with van der Waals surface area (Å²) < 4.78 is 59.4. The number of alkyl halides is 3. The van der Waals surface area contributed by atoms with Crippen molar-refractivity contribution in [3.8, 4) is 0 Å². The van der Waals surface area contributed by atoms with Crippen LogP contribution in [0.5, 0.6) is 0 Å². The molecular formula is C13H18F3NO2S. The Morgan fingerprint density at radius 1 is 1.10 bits per heavy atom. The van der Waals surface area contributed by atoms with Crippen molar-refractivity contribution in [3.63, 3.8) is 0 Å². The maximum absolute atomic E-state index is 12.4. The van der Waals surface area contributed by atoms with Crippen molar-refractivity contribution in [3.05, 3.63) is 24.3 Å². The van der Waals surface area contributed by atoms with Gasteiger partial charge in [-0.15, -0.1) is 0 Å². The lowest BCUT2D eigenvalue weighted by Crippen LogP contribution is -2.23. The fourth-order valence-electron chi connectivity index (χ4n) is 1.73. The molecule has 0 spiro atoms. The second kappa shape index (κ2) is 6.47. The molecule has 1 aromatic carbocycles. The van der Waals surface area contributed by atoms with E-state index in [1.54, 1.807) is 0 Å². The summed E-state index contributed by atoms with van der Waals surface area (Å²) in [7, 11) is -5.26. The minimum absolute atomic E-state index is 0.480. The number of rotatable bonds is 6. The zero-order valence-corrected chi connectivity index (χ0v) is 12.2. The summed E-state index contributed by atoms with van der Waals surface area (Å²) in [6.07, 6.45) is 2.01. The Morgan fingerprint density at radius 2 is 1.60 bits per heavy atom. The van der Waals surface area contributed by atoms with Crippen LogP contribution in [0.2, 0.25) is 0 Å². The van der Waals surface area contributed by atoms with Crippen LogP contribution in [-0.4, -0.2) is 20.5 Å². The van der Waals surface area contributed by atoms with E-state index in [0.717, 1.165) is 25.0 Å². The summed E-state index contributed by atoms with van der Waals surface area (Å²) in [5.74, 6) is 0.480. The Hall–Kier alpha value is -1.24. The van der Waals surface area contributed by atoms with Gasteiger partial charge in [0.2, 0.25) is 0 Å². The fourth-order valence-corrected chi connectivity index (χ4v) is 2.49. The van der Waals surface area contributed by atoms with Crippen LogP contribution < -0.4 is 5.32 Å². The zero-order valence-electron chi connectivity index (χ0n) is 11.4. The Bertz CT molecular complexity index is 520. The molecule has 0 amide bonds. The van der Waals surface area contributed by atoms with E-state index in [1.165, 1.54) is 12.1 Å². The van der Waals surface area contributed by atoms with Gasteiger partial charge in [-0.1, -0.05) is 26.7 Å². The van der Waals surface area contributed by atoms with Gasteiger partial charge in [0.1, 0.15) is 0 Å². The summed E-state index contributed by atoms with van der Waals surface area (Å²) in [4.78, 5) is -0.738. The van der Waals surface area contributed by atoms with Crippen molar-refractivity contribution >= 4 is 15.5 Å². The highest BCUT2D eigenvalue weighted by atomic mass is 32.2. The molecule has 20 heavy (non-hydrogen) atoms. The molecule has 1 aromatic rings. The molecule has 0 saturated heterocycles. The lowest BCUT2D eigenvalue weighted by Gasteiger charge is -2.14. The van der Waals surface area contributed by atoms with E-state index in [0.29, 0.717) is 18.2 Å². The first-order valence-corrected chi connectivity index (χ1v) is 7.86. The van der Waals surface area contributed by atoms with Crippen molar-refractivity contribution in [2.45, 2.75) is 37.1 Å². The molecule has 7 heteroatoms. The standard InChI is InChI=1S/C13H18F3NO2S/c1-3-10(4-2)9-17-11-5-7-12(8-6-11)20(18,19)13(14,15)16/h5-8,10,17H,3-4,9H2,1-2H3. The van der Waals surface area contributed by atoms with Gasteiger partial charge >= 0.3 is 5.51 Å². The van der Waals surface area contributed by atoms with Gasteiger partial charge in [-0.25, -0.2) is 8.42 Å². The van der Waals surface area contributed by atoms with E-state index < -0.39 is 20.2 Å². The van der Waals surface area contributed by atoms with Crippen LogP contribution in [0.15, 0.2) is 29.2 Å². The maximum Gasteiger partial charge on any atom is 0.501 e. The molecule has 0 bridgehead atoms. The van der Waals surface area contributed by atoms with E-state index in [-0.39, 0.29) is 0 Å². The molecular weight excluding hydrogens is 291 g/mol. The number of sulfone groups is 1. The number of nitrogens with one attached hydrogen (secondary N) is 1. The molecule has 0 atom stereocenters. The van der Waals surface area contributed by atoms with Crippen LogP contribution in [0.4, 0.5) is 18.9 Å². The Labute approximate surface area is 117 Å². The Balaban J connectivity index is 2.80. The van der Waals surface area contributed by atoms with Crippen LogP contribution in [0.3, 0.4) is 0 Å². The lowest BCUT2D eigenvalue weighted by molar-refractivity contribution is -0.0436. The molecule has 0 heterocycles. The van der Waals surface area contributed by atoms with Gasteiger partial charge in [0.25, 0.3) is 9.84 Å². The molecule has 0 aromatic heterocycles. The SMILES string of the molecule is CCC(CC)CNc1ccc(S(=O)(=O)C(F)(F)F)cc1. The van der Waals surface area contributed by atoms with Crippen molar-refractivity contribution in [1.29, 1.82) is 0 Å². The smallest absolute Gasteiger partial charge is 0.385 e. The van der Waals surface area contributed by atoms with Crippen LogP contribution in [0.25, 0.3) is 0 Å². The van der Waals surface area contributed by atoms with Crippen LogP contribution in [0.1, 0.15) is 26.7 Å².